The van der Waals surface area contributed by atoms with Crippen molar-refractivity contribution in [2.45, 2.75) is 57.7 Å². The lowest BCUT2D eigenvalue weighted by molar-refractivity contribution is 0.404. The van der Waals surface area contributed by atoms with Crippen LogP contribution < -0.4 is 4.74 Å². The zero-order valence-corrected chi connectivity index (χ0v) is 15.5. The molecule has 0 heterocycles. The predicted octanol–water partition coefficient (Wildman–Crippen LogP) is 6.48. The van der Waals surface area contributed by atoms with Gasteiger partial charge in [-0.25, -0.2) is 0 Å². The van der Waals surface area contributed by atoms with Gasteiger partial charge in [0.2, 0.25) is 0 Å². The molecule has 0 aromatic heterocycles. The number of benzene rings is 1. The van der Waals surface area contributed by atoms with Crippen LogP contribution in [0.5, 0.6) is 5.75 Å². The molecule has 3 heteroatoms. The highest BCUT2D eigenvalue weighted by molar-refractivity contribution is 9.10. The third-order valence-corrected chi connectivity index (χ3v) is 5.28. The molecule has 0 saturated heterocycles. The highest BCUT2D eigenvalue weighted by Crippen LogP contribution is 2.41. The summed E-state index contributed by atoms with van der Waals surface area (Å²) in [5.41, 5.74) is 3.76. The molecule has 1 unspecified atom stereocenters. The summed E-state index contributed by atoms with van der Waals surface area (Å²) in [6, 6.07) is 2.13. The Labute approximate surface area is 134 Å². The molecule has 108 valence electrons. The summed E-state index contributed by atoms with van der Waals surface area (Å²) in [5.74, 6) is 1.03. The molecule has 1 nitrogen and oxygen atoms in total. The predicted molar refractivity (Wildman–Crippen MR) is 90.6 cm³/mol. The smallest absolute Gasteiger partial charge is 0.126 e. The number of methoxy groups -OCH3 is 1. The minimum Gasteiger partial charge on any atom is -0.496 e. The number of aryl methyl sites for hydroxylation is 1. The van der Waals surface area contributed by atoms with Gasteiger partial charge in [0.05, 0.1) is 7.11 Å². The Kier molecular flexibility index (Phi) is 7.45. The van der Waals surface area contributed by atoms with E-state index < -0.39 is 0 Å². The summed E-state index contributed by atoms with van der Waals surface area (Å²) in [4.78, 5) is 0.371. The Balaban J connectivity index is 2.91. The number of ether oxygens (including phenoxy) is 1. The SMILES string of the molecule is CCCCCCC(Br)c1c(C)c(Br)cc(C)c1OC. The molecule has 0 N–H and O–H groups in total. The monoisotopic (exact) mass is 390 g/mol. The van der Waals surface area contributed by atoms with Gasteiger partial charge in [-0.15, -0.1) is 0 Å². The van der Waals surface area contributed by atoms with E-state index in [2.05, 4.69) is 58.7 Å². The number of hydrogen-bond acceptors (Lipinski definition) is 1. The first-order chi connectivity index (χ1) is 9.02. The molecule has 0 spiro atoms. The van der Waals surface area contributed by atoms with Crippen LogP contribution in [0.3, 0.4) is 0 Å². The number of halogens is 2. The lowest BCUT2D eigenvalue weighted by Crippen LogP contribution is -2.02. The maximum Gasteiger partial charge on any atom is 0.126 e. The molecule has 0 aliphatic rings. The van der Waals surface area contributed by atoms with Crippen molar-refractivity contribution >= 4 is 31.9 Å². The van der Waals surface area contributed by atoms with Crippen molar-refractivity contribution in [3.63, 3.8) is 0 Å². The quantitative estimate of drug-likeness (QED) is 0.381. The highest BCUT2D eigenvalue weighted by atomic mass is 79.9. The lowest BCUT2D eigenvalue weighted by Gasteiger charge is -2.20. The van der Waals surface area contributed by atoms with Crippen molar-refractivity contribution < 1.29 is 4.74 Å². The van der Waals surface area contributed by atoms with Gasteiger partial charge < -0.3 is 4.74 Å². The average molecular weight is 392 g/mol. The van der Waals surface area contributed by atoms with Crippen molar-refractivity contribution in [2.75, 3.05) is 7.11 Å². The van der Waals surface area contributed by atoms with Crippen molar-refractivity contribution in [3.05, 3.63) is 27.2 Å². The number of hydrogen-bond donors (Lipinski definition) is 0. The first-order valence-electron chi connectivity index (χ1n) is 7.00. The van der Waals surface area contributed by atoms with Crippen molar-refractivity contribution in [3.8, 4) is 5.75 Å². The Morgan fingerprint density at radius 1 is 1.21 bits per heavy atom. The minimum absolute atomic E-state index is 0.371. The fourth-order valence-electron chi connectivity index (χ4n) is 2.42. The van der Waals surface area contributed by atoms with Gasteiger partial charge in [-0.05, 0) is 37.5 Å². The number of unbranched alkanes of at least 4 members (excludes halogenated alkanes) is 3. The van der Waals surface area contributed by atoms with Crippen LogP contribution in [0, 0.1) is 13.8 Å². The van der Waals surface area contributed by atoms with Crippen LogP contribution in [-0.4, -0.2) is 7.11 Å². The zero-order valence-electron chi connectivity index (χ0n) is 12.4. The molecule has 1 atom stereocenters. The Hall–Kier alpha value is -0.0200. The fourth-order valence-corrected chi connectivity index (χ4v) is 3.85. The number of alkyl halides is 1. The van der Waals surface area contributed by atoms with Gasteiger partial charge in [-0.3, -0.25) is 0 Å². The van der Waals surface area contributed by atoms with Gasteiger partial charge in [-0.2, -0.15) is 0 Å². The molecule has 0 aliphatic heterocycles. The highest BCUT2D eigenvalue weighted by Gasteiger charge is 2.19. The first-order valence-corrected chi connectivity index (χ1v) is 8.71. The molecule has 1 rings (SSSR count). The molecule has 0 radical (unpaired) electrons. The molecule has 0 amide bonds. The maximum atomic E-state index is 5.61. The average Bonchev–Trinajstić information content (AvgIpc) is 2.38. The molecular formula is C16H24Br2O. The van der Waals surface area contributed by atoms with E-state index in [4.69, 9.17) is 4.74 Å². The van der Waals surface area contributed by atoms with Crippen LogP contribution >= 0.6 is 31.9 Å². The fraction of sp³-hybridized carbons (Fsp3) is 0.625. The van der Waals surface area contributed by atoms with Gasteiger partial charge >= 0.3 is 0 Å². The zero-order chi connectivity index (χ0) is 14.4. The second-order valence-corrected chi connectivity index (χ2v) is 7.02. The first kappa shape index (κ1) is 17.0. The van der Waals surface area contributed by atoms with Gasteiger partial charge in [0, 0.05) is 14.9 Å². The Morgan fingerprint density at radius 2 is 1.89 bits per heavy atom. The van der Waals surface area contributed by atoms with Crippen LogP contribution in [0.2, 0.25) is 0 Å². The molecule has 1 aromatic carbocycles. The molecule has 0 fully saturated rings. The van der Waals surface area contributed by atoms with E-state index in [9.17, 15) is 0 Å². The second kappa shape index (κ2) is 8.31. The Bertz CT molecular complexity index is 416. The minimum atomic E-state index is 0.371. The van der Waals surface area contributed by atoms with E-state index in [1.165, 1.54) is 46.8 Å². The molecule has 0 bridgehead atoms. The van der Waals surface area contributed by atoms with Crippen molar-refractivity contribution in [1.29, 1.82) is 0 Å². The molecule has 1 aromatic rings. The summed E-state index contributed by atoms with van der Waals surface area (Å²) in [6.07, 6.45) is 6.34. The van der Waals surface area contributed by atoms with Crippen LogP contribution in [0.25, 0.3) is 0 Å². The van der Waals surface area contributed by atoms with E-state index in [0.29, 0.717) is 4.83 Å². The molecular weight excluding hydrogens is 368 g/mol. The summed E-state index contributed by atoms with van der Waals surface area (Å²) in [5, 5.41) is 0. The van der Waals surface area contributed by atoms with Gasteiger partial charge in [0.1, 0.15) is 5.75 Å². The maximum absolute atomic E-state index is 5.61. The normalized spacial score (nSPS) is 12.5. The topological polar surface area (TPSA) is 9.23 Å². The lowest BCUT2D eigenvalue weighted by atomic mass is 9.97. The standard InChI is InChI=1S/C16H24Br2O/c1-5-6-7-8-9-13(17)15-12(3)14(18)10-11(2)16(15)19-4/h10,13H,5-9H2,1-4H3. The van der Waals surface area contributed by atoms with Crippen LogP contribution in [0.15, 0.2) is 10.5 Å². The molecule has 0 aliphatic carbocycles. The summed E-state index contributed by atoms with van der Waals surface area (Å²) in [7, 11) is 1.76. The van der Waals surface area contributed by atoms with Gasteiger partial charge in [0.25, 0.3) is 0 Å². The molecule has 0 saturated carbocycles. The van der Waals surface area contributed by atoms with Gasteiger partial charge in [-0.1, -0.05) is 64.5 Å². The third-order valence-electron chi connectivity index (χ3n) is 3.54. The van der Waals surface area contributed by atoms with Crippen LogP contribution in [0.4, 0.5) is 0 Å². The summed E-state index contributed by atoms with van der Waals surface area (Å²) < 4.78 is 6.78. The molecule has 19 heavy (non-hydrogen) atoms. The van der Waals surface area contributed by atoms with Crippen LogP contribution in [-0.2, 0) is 0 Å². The van der Waals surface area contributed by atoms with E-state index in [-0.39, 0.29) is 0 Å². The van der Waals surface area contributed by atoms with Crippen LogP contribution in [0.1, 0.15) is 60.5 Å². The van der Waals surface area contributed by atoms with Crippen molar-refractivity contribution in [2.24, 2.45) is 0 Å². The van der Waals surface area contributed by atoms with Gasteiger partial charge in [0.15, 0.2) is 0 Å². The van der Waals surface area contributed by atoms with E-state index in [1.807, 2.05) is 0 Å². The van der Waals surface area contributed by atoms with E-state index in [0.717, 1.165) is 12.2 Å². The second-order valence-electron chi connectivity index (χ2n) is 5.06. The summed E-state index contributed by atoms with van der Waals surface area (Å²) >= 11 is 7.49. The van der Waals surface area contributed by atoms with Crippen molar-refractivity contribution in [1.82, 2.24) is 0 Å². The third kappa shape index (κ3) is 4.49. The van der Waals surface area contributed by atoms with E-state index >= 15 is 0 Å². The largest absolute Gasteiger partial charge is 0.496 e. The number of rotatable bonds is 7. The summed E-state index contributed by atoms with van der Waals surface area (Å²) in [6.45, 7) is 6.50. The van der Waals surface area contributed by atoms with E-state index in [1.54, 1.807) is 7.11 Å². The Morgan fingerprint density at radius 3 is 2.47 bits per heavy atom.